The van der Waals surface area contributed by atoms with Crippen LogP contribution in [-0.4, -0.2) is 62.3 Å². The Kier molecular flexibility index (Phi) is 6.84. The summed E-state index contributed by atoms with van der Waals surface area (Å²) in [5.74, 6) is 3.58. The van der Waals surface area contributed by atoms with E-state index < -0.39 is 0 Å². The summed E-state index contributed by atoms with van der Waals surface area (Å²) in [6.45, 7) is 5.93. The maximum atomic E-state index is 5.11. The minimum atomic E-state index is 0.800. The molecular formula is C14H28N2OS. The van der Waals surface area contributed by atoms with Crippen LogP contribution in [0.3, 0.4) is 0 Å². The highest BCUT2D eigenvalue weighted by Crippen LogP contribution is 2.19. The molecule has 0 unspecified atom stereocenters. The fourth-order valence-electron chi connectivity index (χ4n) is 2.95. The van der Waals surface area contributed by atoms with Crippen molar-refractivity contribution in [2.24, 2.45) is 5.92 Å². The predicted octanol–water partition coefficient (Wildman–Crippen LogP) is 1.83. The van der Waals surface area contributed by atoms with Gasteiger partial charge in [0.25, 0.3) is 0 Å². The summed E-state index contributed by atoms with van der Waals surface area (Å²) in [5.41, 5.74) is 0. The van der Waals surface area contributed by atoms with E-state index >= 15 is 0 Å². The van der Waals surface area contributed by atoms with Gasteiger partial charge in [-0.15, -0.1) is 0 Å². The third-order valence-corrected chi connectivity index (χ3v) is 5.16. The summed E-state index contributed by atoms with van der Waals surface area (Å²) in [4.78, 5) is 2.60. The summed E-state index contributed by atoms with van der Waals surface area (Å²) in [5, 5.41) is 3.79. The molecule has 0 spiro atoms. The quantitative estimate of drug-likeness (QED) is 0.715. The first-order valence-electron chi connectivity index (χ1n) is 7.41. The zero-order chi connectivity index (χ0) is 12.6. The number of likely N-dealkylation sites (tertiary alicyclic amines) is 1. The smallest absolute Gasteiger partial charge is 0.0474 e. The van der Waals surface area contributed by atoms with Crippen LogP contribution in [0.15, 0.2) is 0 Å². The molecule has 4 heteroatoms. The van der Waals surface area contributed by atoms with Crippen molar-refractivity contribution in [1.82, 2.24) is 10.2 Å². The summed E-state index contributed by atoms with van der Waals surface area (Å²) >= 11 is 2.11. The molecule has 2 rings (SSSR count). The molecule has 0 aliphatic carbocycles. The minimum Gasteiger partial charge on any atom is -0.385 e. The summed E-state index contributed by atoms with van der Waals surface area (Å²) in [6, 6.07) is 0.800. The van der Waals surface area contributed by atoms with Crippen molar-refractivity contribution in [2.45, 2.75) is 31.7 Å². The lowest BCUT2D eigenvalue weighted by Crippen LogP contribution is -2.36. The van der Waals surface area contributed by atoms with Gasteiger partial charge in [0.2, 0.25) is 0 Å². The number of ether oxygens (including phenoxy) is 1. The van der Waals surface area contributed by atoms with Gasteiger partial charge in [0.15, 0.2) is 0 Å². The van der Waals surface area contributed by atoms with Crippen LogP contribution in [0.4, 0.5) is 0 Å². The molecule has 0 aromatic carbocycles. The molecule has 2 aliphatic rings. The van der Waals surface area contributed by atoms with Crippen molar-refractivity contribution in [3.8, 4) is 0 Å². The molecule has 0 aromatic heterocycles. The van der Waals surface area contributed by atoms with E-state index in [0.29, 0.717) is 0 Å². The molecule has 2 saturated heterocycles. The van der Waals surface area contributed by atoms with E-state index in [1.54, 1.807) is 7.11 Å². The molecule has 0 aromatic rings. The number of nitrogens with zero attached hydrogens (tertiary/aromatic N) is 1. The minimum absolute atomic E-state index is 0.800. The predicted molar refractivity (Wildman–Crippen MR) is 79.4 cm³/mol. The summed E-state index contributed by atoms with van der Waals surface area (Å²) < 4.78 is 5.11. The second kappa shape index (κ2) is 8.41. The van der Waals surface area contributed by atoms with Gasteiger partial charge in [-0.1, -0.05) is 0 Å². The lowest BCUT2D eigenvalue weighted by atomic mass is 10.1. The maximum absolute atomic E-state index is 5.11. The fraction of sp³-hybridized carbons (Fsp3) is 1.00. The first-order valence-corrected chi connectivity index (χ1v) is 8.56. The van der Waals surface area contributed by atoms with Gasteiger partial charge in [-0.2, -0.15) is 11.8 Å². The molecule has 1 N–H and O–H groups in total. The first kappa shape index (κ1) is 14.6. The molecule has 2 heterocycles. The van der Waals surface area contributed by atoms with Crippen LogP contribution in [0.1, 0.15) is 25.7 Å². The number of methoxy groups -OCH3 is 1. The van der Waals surface area contributed by atoms with E-state index in [1.165, 1.54) is 63.4 Å². The fourth-order valence-corrected chi connectivity index (χ4v) is 4.06. The number of rotatable bonds is 7. The first-order chi connectivity index (χ1) is 8.88. The van der Waals surface area contributed by atoms with Gasteiger partial charge < -0.3 is 15.0 Å². The lowest BCUT2D eigenvalue weighted by molar-refractivity contribution is 0.178. The topological polar surface area (TPSA) is 24.5 Å². The molecule has 18 heavy (non-hydrogen) atoms. The molecule has 0 saturated carbocycles. The third-order valence-electron chi connectivity index (χ3n) is 4.11. The highest BCUT2D eigenvalue weighted by Gasteiger charge is 2.23. The van der Waals surface area contributed by atoms with Crippen LogP contribution < -0.4 is 5.32 Å². The molecule has 0 amide bonds. The van der Waals surface area contributed by atoms with E-state index in [4.69, 9.17) is 4.74 Å². The number of hydrogen-bond acceptors (Lipinski definition) is 4. The van der Waals surface area contributed by atoms with E-state index in [0.717, 1.165) is 18.6 Å². The molecule has 1 atom stereocenters. The third kappa shape index (κ3) is 5.08. The van der Waals surface area contributed by atoms with E-state index in [1.807, 2.05) is 0 Å². The highest BCUT2D eigenvalue weighted by atomic mass is 32.2. The Morgan fingerprint density at radius 1 is 1.28 bits per heavy atom. The van der Waals surface area contributed by atoms with Gasteiger partial charge in [0.1, 0.15) is 0 Å². The second-order valence-electron chi connectivity index (χ2n) is 5.60. The van der Waals surface area contributed by atoms with Crippen molar-refractivity contribution in [3.63, 3.8) is 0 Å². The van der Waals surface area contributed by atoms with Crippen LogP contribution in [0.25, 0.3) is 0 Å². The van der Waals surface area contributed by atoms with Gasteiger partial charge in [-0.05, 0) is 56.2 Å². The SMILES string of the molecule is COCCCN1CC[C@H](CNC2CCSCC2)C1. The second-order valence-corrected chi connectivity index (χ2v) is 6.82. The van der Waals surface area contributed by atoms with Crippen LogP contribution in [0.5, 0.6) is 0 Å². The highest BCUT2D eigenvalue weighted by molar-refractivity contribution is 7.99. The molecule has 0 bridgehead atoms. The Morgan fingerprint density at radius 2 is 2.11 bits per heavy atom. The Labute approximate surface area is 116 Å². The molecule has 106 valence electrons. The number of thioether (sulfide) groups is 1. The van der Waals surface area contributed by atoms with Crippen molar-refractivity contribution in [2.75, 3.05) is 51.4 Å². The van der Waals surface area contributed by atoms with Gasteiger partial charge in [0, 0.05) is 32.8 Å². The van der Waals surface area contributed by atoms with E-state index in [-0.39, 0.29) is 0 Å². The Hall–Kier alpha value is 0.230. The monoisotopic (exact) mass is 272 g/mol. The Bertz CT molecular complexity index is 222. The van der Waals surface area contributed by atoms with Gasteiger partial charge in [0.05, 0.1) is 0 Å². The molecule has 3 nitrogen and oxygen atoms in total. The normalized spacial score (nSPS) is 26.8. The van der Waals surface area contributed by atoms with E-state index in [9.17, 15) is 0 Å². The molecular weight excluding hydrogens is 244 g/mol. The number of nitrogens with one attached hydrogen (secondary N) is 1. The van der Waals surface area contributed by atoms with E-state index in [2.05, 4.69) is 22.0 Å². The Balaban J connectivity index is 1.54. The average molecular weight is 272 g/mol. The van der Waals surface area contributed by atoms with Gasteiger partial charge in [-0.3, -0.25) is 0 Å². The zero-order valence-electron chi connectivity index (χ0n) is 11.7. The van der Waals surface area contributed by atoms with Crippen LogP contribution in [-0.2, 0) is 4.74 Å². The van der Waals surface area contributed by atoms with Crippen molar-refractivity contribution in [1.29, 1.82) is 0 Å². The Morgan fingerprint density at radius 3 is 2.89 bits per heavy atom. The van der Waals surface area contributed by atoms with Crippen LogP contribution >= 0.6 is 11.8 Å². The van der Waals surface area contributed by atoms with Crippen LogP contribution in [0.2, 0.25) is 0 Å². The van der Waals surface area contributed by atoms with Gasteiger partial charge >= 0.3 is 0 Å². The maximum Gasteiger partial charge on any atom is 0.0474 e. The largest absolute Gasteiger partial charge is 0.385 e. The summed E-state index contributed by atoms with van der Waals surface area (Å²) in [7, 11) is 1.79. The molecule has 2 aliphatic heterocycles. The van der Waals surface area contributed by atoms with Crippen molar-refractivity contribution < 1.29 is 4.74 Å². The van der Waals surface area contributed by atoms with Crippen LogP contribution in [0, 0.1) is 5.92 Å². The zero-order valence-corrected chi connectivity index (χ0v) is 12.5. The van der Waals surface area contributed by atoms with Crippen molar-refractivity contribution >= 4 is 11.8 Å². The standard InChI is InChI=1S/C14H28N2OS/c1-17-8-2-6-16-7-3-13(12-16)11-15-14-4-9-18-10-5-14/h13-15H,2-12H2,1H3/t13-/m1/s1. The van der Waals surface area contributed by atoms with Crippen molar-refractivity contribution in [3.05, 3.63) is 0 Å². The lowest BCUT2D eigenvalue weighted by Gasteiger charge is -2.24. The molecule has 2 fully saturated rings. The number of hydrogen-bond donors (Lipinski definition) is 1. The molecule has 0 radical (unpaired) electrons. The van der Waals surface area contributed by atoms with Gasteiger partial charge in [-0.25, -0.2) is 0 Å². The summed E-state index contributed by atoms with van der Waals surface area (Å²) in [6.07, 6.45) is 5.29. The average Bonchev–Trinajstić information content (AvgIpc) is 2.86.